The molecule has 0 aliphatic carbocycles. The Morgan fingerprint density at radius 3 is 3.00 bits per heavy atom. The molecule has 0 fully saturated rings. The van der Waals surface area contributed by atoms with Crippen LogP contribution in [-0.4, -0.2) is 14.4 Å². The summed E-state index contributed by atoms with van der Waals surface area (Å²) < 4.78 is 2.04. The first-order chi connectivity index (χ1) is 4.79. The molecule has 0 unspecified atom stereocenters. The maximum Gasteiger partial charge on any atom is 0.211 e. The lowest BCUT2D eigenvalue weighted by molar-refractivity contribution is 1.11. The van der Waals surface area contributed by atoms with Gasteiger partial charge >= 0.3 is 0 Å². The van der Waals surface area contributed by atoms with Crippen molar-refractivity contribution in [3.05, 3.63) is 23.8 Å². The Morgan fingerprint density at radius 1 is 1.50 bits per heavy atom. The molecule has 0 aromatic carbocycles. The van der Waals surface area contributed by atoms with Gasteiger partial charge in [0.2, 0.25) is 5.78 Å². The summed E-state index contributed by atoms with van der Waals surface area (Å²) in [5.74, 6) is 0.926. The van der Waals surface area contributed by atoms with Crippen LogP contribution in [0.2, 0.25) is 0 Å². The number of H-pyrrole nitrogens is 1. The fourth-order valence-electron chi connectivity index (χ4n) is 1.11. The third-order valence-electron chi connectivity index (χ3n) is 1.84. The first-order valence-corrected chi connectivity index (χ1v) is 3.27. The van der Waals surface area contributed by atoms with Gasteiger partial charge in [-0.1, -0.05) is 0 Å². The van der Waals surface area contributed by atoms with Gasteiger partial charge in [0.15, 0.2) is 0 Å². The first-order valence-electron chi connectivity index (χ1n) is 3.27. The fraction of sp³-hybridized carbons (Fsp3) is 0.286. The Morgan fingerprint density at radius 2 is 2.30 bits per heavy atom. The van der Waals surface area contributed by atoms with Gasteiger partial charge in [0.1, 0.15) is 0 Å². The number of hydrogen-bond acceptors (Lipinski definition) is 1. The van der Waals surface area contributed by atoms with Crippen molar-refractivity contribution in [2.24, 2.45) is 0 Å². The van der Waals surface area contributed by atoms with E-state index >= 15 is 0 Å². The van der Waals surface area contributed by atoms with E-state index in [0.717, 1.165) is 5.78 Å². The lowest BCUT2D eigenvalue weighted by atomic mass is 10.4. The Kier molecular flexibility index (Phi) is 0.897. The van der Waals surface area contributed by atoms with Crippen LogP contribution < -0.4 is 0 Å². The number of aromatic nitrogens is 3. The number of imidazole rings is 2. The SMILES string of the molecule is Cc1[nH]c2nccn2c1C. The van der Waals surface area contributed by atoms with Crippen LogP contribution in [0, 0.1) is 13.8 Å². The van der Waals surface area contributed by atoms with Crippen molar-refractivity contribution in [3.8, 4) is 0 Å². The van der Waals surface area contributed by atoms with Gasteiger partial charge in [-0.15, -0.1) is 0 Å². The topological polar surface area (TPSA) is 33.1 Å². The van der Waals surface area contributed by atoms with Crippen LogP contribution in [0.5, 0.6) is 0 Å². The van der Waals surface area contributed by atoms with Crippen molar-refractivity contribution in [1.29, 1.82) is 0 Å². The molecule has 0 saturated heterocycles. The summed E-state index contributed by atoms with van der Waals surface area (Å²) in [5.41, 5.74) is 2.41. The molecular formula is C7H9N3. The highest BCUT2D eigenvalue weighted by molar-refractivity contribution is 5.34. The zero-order valence-electron chi connectivity index (χ0n) is 6.05. The van der Waals surface area contributed by atoms with E-state index in [1.54, 1.807) is 6.20 Å². The Bertz CT molecular complexity index is 356. The molecule has 10 heavy (non-hydrogen) atoms. The summed E-state index contributed by atoms with van der Waals surface area (Å²) in [6.45, 7) is 4.12. The normalized spacial score (nSPS) is 11.0. The van der Waals surface area contributed by atoms with Gasteiger partial charge in [-0.05, 0) is 13.8 Å². The Labute approximate surface area is 58.7 Å². The number of fused-ring (bicyclic) bond motifs is 1. The third kappa shape index (κ3) is 0.518. The van der Waals surface area contributed by atoms with Gasteiger partial charge in [0, 0.05) is 23.8 Å². The second-order valence-electron chi connectivity index (χ2n) is 2.46. The van der Waals surface area contributed by atoms with E-state index in [1.807, 2.05) is 17.5 Å². The van der Waals surface area contributed by atoms with Gasteiger partial charge in [-0.25, -0.2) is 4.98 Å². The molecule has 0 bridgehead atoms. The summed E-state index contributed by atoms with van der Waals surface area (Å²) in [6, 6.07) is 0. The summed E-state index contributed by atoms with van der Waals surface area (Å²) >= 11 is 0. The molecule has 2 rings (SSSR count). The monoisotopic (exact) mass is 135 g/mol. The summed E-state index contributed by atoms with van der Waals surface area (Å²) in [5, 5.41) is 0. The molecular weight excluding hydrogens is 126 g/mol. The van der Waals surface area contributed by atoms with Gasteiger partial charge in [-0.3, -0.25) is 4.40 Å². The molecule has 0 saturated carbocycles. The summed E-state index contributed by atoms with van der Waals surface area (Å²) in [7, 11) is 0. The quantitative estimate of drug-likeness (QED) is 0.580. The average molecular weight is 135 g/mol. The molecule has 1 N–H and O–H groups in total. The lowest BCUT2D eigenvalue weighted by Gasteiger charge is -1.86. The summed E-state index contributed by atoms with van der Waals surface area (Å²) in [6.07, 6.45) is 3.74. The smallest absolute Gasteiger partial charge is 0.211 e. The largest absolute Gasteiger partial charge is 0.328 e. The molecule has 0 amide bonds. The number of aromatic amines is 1. The maximum absolute atomic E-state index is 4.11. The Hall–Kier alpha value is -1.25. The fourth-order valence-corrected chi connectivity index (χ4v) is 1.11. The second-order valence-corrected chi connectivity index (χ2v) is 2.46. The lowest BCUT2D eigenvalue weighted by Crippen LogP contribution is -1.80. The zero-order chi connectivity index (χ0) is 7.14. The van der Waals surface area contributed by atoms with E-state index in [4.69, 9.17) is 0 Å². The number of nitrogens with zero attached hydrogens (tertiary/aromatic N) is 2. The van der Waals surface area contributed by atoms with Gasteiger partial charge < -0.3 is 4.98 Å². The highest BCUT2D eigenvalue weighted by Gasteiger charge is 2.01. The molecule has 0 atom stereocenters. The van der Waals surface area contributed by atoms with E-state index in [0.29, 0.717) is 0 Å². The van der Waals surface area contributed by atoms with Crippen LogP contribution in [0.25, 0.3) is 5.78 Å². The van der Waals surface area contributed by atoms with Crippen LogP contribution in [0.4, 0.5) is 0 Å². The van der Waals surface area contributed by atoms with E-state index < -0.39 is 0 Å². The molecule has 0 aliphatic rings. The average Bonchev–Trinajstić information content (AvgIpc) is 2.41. The molecule has 2 heterocycles. The van der Waals surface area contributed by atoms with E-state index in [-0.39, 0.29) is 0 Å². The maximum atomic E-state index is 4.11. The van der Waals surface area contributed by atoms with E-state index in [9.17, 15) is 0 Å². The van der Waals surface area contributed by atoms with Gasteiger partial charge in [-0.2, -0.15) is 0 Å². The van der Waals surface area contributed by atoms with E-state index in [2.05, 4.69) is 16.9 Å². The molecule has 52 valence electrons. The van der Waals surface area contributed by atoms with Gasteiger partial charge in [0.25, 0.3) is 0 Å². The highest BCUT2D eigenvalue weighted by atomic mass is 15.1. The molecule has 2 aromatic heterocycles. The van der Waals surface area contributed by atoms with Crippen LogP contribution in [0.3, 0.4) is 0 Å². The van der Waals surface area contributed by atoms with Gasteiger partial charge in [0.05, 0.1) is 0 Å². The van der Waals surface area contributed by atoms with E-state index in [1.165, 1.54) is 11.4 Å². The van der Waals surface area contributed by atoms with Crippen molar-refractivity contribution in [2.45, 2.75) is 13.8 Å². The van der Waals surface area contributed by atoms with Crippen molar-refractivity contribution >= 4 is 5.78 Å². The molecule has 2 aromatic rings. The van der Waals surface area contributed by atoms with Crippen LogP contribution in [0.1, 0.15) is 11.4 Å². The third-order valence-corrected chi connectivity index (χ3v) is 1.84. The van der Waals surface area contributed by atoms with Crippen LogP contribution in [0.15, 0.2) is 12.4 Å². The van der Waals surface area contributed by atoms with Crippen molar-refractivity contribution in [2.75, 3.05) is 0 Å². The van der Waals surface area contributed by atoms with Crippen molar-refractivity contribution in [3.63, 3.8) is 0 Å². The van der Waals surface area contributed by atoms with Crippen molar-refractivity contribution < 1.29 is 0 Å². The minimum absolute atomic E-state index is 0.926. The number of hydrogen-bond donors (Lipinski definition) is 1. The van der Waals surface area contributed by atoms with Crippen LogP contribution >= 0.6 is 0 Å². The number of nitrogens with one attached hydrogen (secondary N) is 1. The standard InChI is InChI=1S/C7H9N3/c1-5-6(2)10-4-3-8-7(10)9-5/h3-4H,1-2H3,(H,8,9). The van der Waals surface area contributed by atoms with Crippen molar-refractivity contribution in [1.82, 2.24) is 14.4 Å². The highest BCUT2D eigenvalue weighted by Crippen LogP contribution is 2.07. The Balaban J connectivity index is 2.95. The number of aryl methyl sites for hydroxylation is 2. The zero-order valence-corrected chi connectivity index (χ0v) is 6.05. The van der Waals surface area contributed by atoms with Crippen LogP contribution in [-0.2, 0) is 0 Å². The number of rotatable bonds is 0. The first kappa shape index (κ1) is 5.53. The minimum Gasteiger partial charge on any atom is -0.328 e. The second kappa shape index (κ2) is 1.62. The summed E-state index contributed by atoms with van der Waals surface area (Å²) in [4.78, 5) is 7.27. The molecule has 0 spiro atoms. The molecule has 0 aliphatic heterocycles. The minimum atomic E-state index is 0.926. The molecule has 3 nitrogen and oxygen atoms in total. The molecule has 3 heteroatoms. The predicted molar refractivity (Wildman–Crippen MR) is 39.0 cm³/mol. The predicted octanol–water partition coefficient (Wildman–Crippen LogP) is 1.28. The molecule has 0 radical (unpaired) electrons.